The Balaban J connectivity index is 2.00. The molecule has 0 aromatic carbocycles. The molecule has 1 aromatic heterocycles. The largest absolute Gasteiger partial charge is 0.316 e. The summed E-state index contributed by atoms with van der Waals surface area (Å²) in [7, 11) is 4.18. The van der Waals surface area contributed by atoms with Gasteiger partial charge in [-0.1, -0.05) is 0 Å². The highest BCUT2D eigenvalue weighted by atomic mass is 15.3. The van der Waals surface area contributed by atoms with Crippen molar-refractivity contribution >= 4 is 0 Å². The van der Waals surface area contributed by atoms with E-state index in [1.54, 1.807) is 0 Å². The lowest BCUT2D eigenvalue weighted by atomic mass is 9.99. The topological polar surface area (TPSA) is 46.0 Å². The van der Waals surface area contributed by atoms with Crippen LogP contribution in [0.2, 0.25) is 0 Å². The first-order chi connectivity index (χ1) is 7.77. The number of nitrogens with zero attached hydrogens (tertiary/aromatic N) is 4. The molecule has 5 nitrogen and oxygen atoms in total. The number of nitrogens with one attached hydrogen (secondary N) is 1. The molecule has 0 saturated carbocycles. The highest BCUT2D eigenvalue weighted by Gasteiger charge is 2.20. The van der Waals surface area contributed by atoms with Crippen LogP contribution in [0.5, 0.6) is 0 Å². The van der Waals surface area contributed by atoms with Crippen LogP contribution in [-0.2, 0) is 6.54 Å². The zero-order chi connectivity index (χ0) is 11.4. The minimum Gasteiger partial charge on any atom is -0.316 e. The summed E-state index contributed by atoms with van der Waals surface area (Å²) in [5.74, 6) is 1.69. The summed E-state index contributed by atoms with van der Waals surface area (Å²) in [6, 6.07) is 0. The molecule has 2 rings (SSSR count). The minimum absolute atomic E-state index is 0.540. The Morgan fingerprint density at radius 1 is 1.56 bits per heavy atom. The van der Waals surface area contributed by atoms with Crippen molar-refractivity contribution in [3.63, 3.8) is 0 Å². The van der Waals surface area contributed by atoms with Gasteiger partial charge in [0.2, 0.25) is 0 Å². The zero-order valence-electron chi connectivity index (χ0n) is 10.2. The second-order valence-corrected chi connectivity index (χ2v) is 4.73. The lowest BCUT2D eigenvalue weighted by Gasteiger charge is -2.22. The van der Waals surface area contributed by atoms with Gasteiger partial charge in [0, 0.05) is 25.6 Å². The Morgan fingerprint density at radius 3 is 3.12 bits per heavy atom. The Morgan fingerprint density at radius 2 is 2.44 bits per heavy atom. The summed E-state index contributed by atoms with van der Waals surface area (Å²) in [5, 5.41) is 11.7. The van der Waals surface area contributed by atoms with Gasteiger partial charge in [-0.05, 0) is 33.5 Å². The number of likely N-dealkylation sites (N-methyl/N-ethyl adjacent to an activating group) is 1. The highest BCUT2D eigenvalue weighted by Crippen LogP contribution is 2.20. The monoisotopic (exact) mass is 223 g/mol. The fourth-order valence-electron chi connectivity index (χ4n) is 2.13. The van der Waals surface area contributed by atoms with Crippen LogP contribution >= 0.6 is 0 Å². The van der Waals surface area contributed by atoms with Crippen molar-refractivity contribution in [3.05, 3.63) is 12.2 Å². The van der Waals surface area contributed by atoms with E-state index >= 15 is 0 Å². The number of piperidine rings is 1. The Kier molecular flexibility index (Phi) is 3.90. The van der Waals surface area contributed by atoms with E-state index in [4.69, 9.17) is 0 Å². The van der Waals surface area contributed by atoms with Crippen LogP contribution in [0, 0.1) is 0 Å². The van der Waals surface area contributed by atoms with Gasteiger partial charge in [-0.2, -0.15) is 0 Å². The summed E-state index contributed by atoms with van der Waals surface area (Å²) in [5.41, 5.74) is 0. The third-order valence-electron chi connectivity index (χ3n) is 3.10. The van der Waals surface area contributed by atoms with Gasteiger partial charge in [0.15, 0.2) is 0 Å². The molecular formula is C11H21N5. The van der Waals surface area contributed by atoms with Crippen LogP contribution in [-0.4, -0.2) is 53.4 Å². The standard InChI is InChI=1S/C11H21N5/c1-15(2)6-7-16-9-13-14-11(16)10-4-3-5-12-8-10/h9-10,12H,3-8H2,1-2H3. The first kappa shape index (κ1) is 11.5. The molecule has 0 amide bonds. The number of rotatable bonds is 4. The highest BCUT2D eigenvalue weighted by molar-refractivity contribution is 4.99. The van der Waals surface area contributed by atoms with Crippen molar-refractivity contribution in [3.8, 4) is 0 Å². The predicted octanol–water partition coefficient (Wildman–Crippen LogP) is 0.307. The van der Waals surface area contributed by atoms with Gasteiger partial charge < -0.3 is 14.8 Å². The third kappa shape index (κ3) is 2.80. The van der Waals surface area contributed by atoms with E-state index in [0.717, 1.165) is 32.0 Å². The van der Waals surface area contributed by atoms with Gasteiger partial charge in [0.05, 0.1) is 0 Å². The summed E-state index contributed by atoms with van der Waals surface area (Å²) in [6.07, 6.45) is 4.33. The average molecular weight is 223 g/mol. The molecule has 1 aliphatic heterocycles. The first-order valence-corrected chi connectivity index (χ1v) is 6.00. The van der Waals surface area contributed by atoms with Gasteiger partial charge in [-0.3, -0.25) is 0 Å². The van der Waals surface area contributed by atoms with Crippen molar-refractivity contribution in [2.45, 2.75) is 25.3 Å². The van der Waals surface area contributed by atoms with E-state index < -0.39 is 0 Å². The van der Waals surface area contributed by atoms with Crippen LogP contribution in [0.15, 0.2) is 6.33 Å². The molecule has 1 N–H and O–H groups in total. The molecule has 0 spiro atoms. The number of hydrogen-bond donors (Lipinski definition) is 1. The number of aromatic nitrogens is 3. The predicted molar refractivity (Wildman–Crippen MR) is 63.4 cm³/mol. The molecule has 0 radical (unpaired) electrons. The molecule has 1 saturated heterocycles. The van der Waals surface area contributed by atoms with Crippen LogP contribution in [0.1, 0.15) is 24.6 Å². The molecule has 1 unspecified atom stereocenters. The van der Waals surface area contributed by atoms with E-state index in [-0.39, 0.29) is 0 Å². The van der Waals surface area contributed by atoms with Crippen molar-refractivity contribution in [2.75, 3.05) is 33.7 Å². The van der Waals surface area contributed by atoms with E-state index in [1.165, 1.54) is 12.8 Å². The lowest BCUT2D eigenvalue weighted by Crippen LogP contribution is -2.30. The second kappa shape index (κ2) is 5.41. The normalized spacial score (nSPS) is 21.6. The lowest BCUT2D eigenvalue weighted by molar-refractivity contribution is 0.369. The molecule has 16 heavy (non-hydrogen) atoms. The van der Waals surface area contributed by atoms with Crippen LogP contribution < -0.4 is 5.32 Å². The van der Waals surface area contributed by atoms with E-state index in [0.29, 0.717) is 5.92 Å². The molecule has 2 heterocycles. The molecule has 90 valence electrons. The quantitative estimate of drug-likeness (QED) is 0.798. The maximum absolute atomic E-state index is 4.27. The van der Waals surface area contributed by atoms with Crippen LogP contribution in [0.4, 0.5) is 0 Å². The van der Waals surface area contributed by atoms with E-state index in [2.05, 4.69) is 39.1 Å². The molecule has 1 fully saturated rings. The summed E-state index contributed by atoms with van der Waals surface area (Å²) < 4.78 is 2.19. The van der Waals surface area contributed by atoms with Gasteiger partial charge >= 0.3 is 0 Å². The van der Waals surface area contributed by atoms with Crippen molar-refractivity contribution in [2.24, 2.45) is 0 Å². The van der Waals surface area contributed by atoms with Crippen molar-refractivity contribution in [1.29, 1.82) is 0 Å². The van der Waals surface area contributed by atoms with Gasteiger partial charge in [-0.15, -0.1) is 10.2 Å². The summed E-state index contributed by atoms with van der Waals surface area (Å²) in [6.45, 7) is 4.19. The zero-order valence-corrected chi connectivity index (χ0v) is 10.2. The van der Waals surface area contributed by atoms with Crippen LogP contribution in [0.25, 0.3) is 0 Å². The van der Waals surface area contributed by atoms with E-state index in [1.807, 2.05) is 6.33 Å². The molecule has 0 bridgehead atoms. The fraction of sp³-hybridized carbons (Fsp3) is 0.818. The van der Waals surface area contributed by atoms with Crippen molar-refractivity contribution < 1.29 is 0 Å². The Labute approximate surface area is 96.8 Å². The second-order valence-electron chi connectivity index (χ2n) is 4.73. The first-order valence-electron chi connectivity index (χ1n) is 6.00. The summed E-state index contributed by atoms with van der Waals surface area (Å²) >= 11 is 0. The van der Waals surface area contributed by atoms with Gasteiger partial charge in [0.25, 0.3) is 0 Å². The molecule has 1 aliphatic rings. The van der Waals surface area contributed by atoms with Crippen LogP contribution in [0.3, 0.4) is 0 Å². The molecule has 0 aliphatic carbocycles. The third-order valence-corrected chi connectivity index (χ3v) is 3.10. The van der Waals surface area contributed by atoms with Crippen molar-refractivity contribution in [1.82, 2.24) is 25.0 Å². The molecular weight excluding hydrogens is 202 g/mol. The maximum atomic E-state index is 4.27. The SMILES string of the molecule is CN(C)CCn1cnnc1C1CCCNC1. The fourth-order valence-corrected chi connectivity index (χ4v) is 2.13. The van der Waals surface area contributed by atoms with Gasteiger partial charge in [-0.25, -0.2) is 0 Å². The molecule has 5 heteroatoms. The van der Waals surface area contributed by atoms with E-state index in [9.17, 15) is 0 Å². The number of hydrogen-bond acceptors (Lipinski definition) is 4. The Hall–Kier alpha value is -0.940. The minimum atomic E-state index is 0.540. The molecule has 1 aromatic rings. The average Bonchev–Trinajstić information content (AvgIpc) is 2.75. The maximum Gasteiger partial charge on any atom is 0.137 e. The van der Waals surface area contributed by atoms with Gasteiger partial charge in [0.1, 0.15) is 12.2 Å². The Bertz CT molecular complexity index is 314. The smallest absolute Gasteiger partial charge is 0.137 e. The summed E-state index contributed by atoms with van der Waals surface area (Å²) in [4.78, 5) is 2.18. The molecule has 1 atom stereocenters.